The number of aryl methyl sites for hydroxylation is 2. The monoisotopic (exact) mass is 309 g/mol. The van der Waals surface area contributed by atoms with E-state index in [0.29, 0.717) is 0 Å². The van der Waals surface area contributed by atoms with Gasteiger partial charge in [0, 0.05) is 13.1 Å². The molecule has 0 bridgehead atoms. The molecule has 23 heavy (non-hydrogen) atoms. The first-order valence-electron chi connectivity index (χ1n) is 8.65. The van der Waals surface area contributed by atoms with E-state index >= 15 is 0 Å². The largest absolute Gasteiger partial charge is 0.345 e. The van der Waals surface area contributed by atoms with Crippen molar-refractivity contribution in [3.05, 3.63) is 71.8 Å². The van der Waals surface area contributed by atoms with Crippen LogP contribution in [0.4, 0.5) is 0 Å². The summed E-state index contributed by atoms with van der Waals surface area (Å²) in [5, 5.41) is 0. The van der Waals surface area contributed by atoms with Crippen molar-refractivity contribution in [1.29, 1.82) is 0 Å². The first-order valence-corrected chi connectivity index (χ1v) is 8.65. The van der Waals surface area contributed by atoms with Gasteiger partial charge in [-0.05, 0) is 49.7 Å². The molecule has 0 atom stereocenters. The van der Waals surface area contributed by atoms with Gasteiger partial charge in [-0.15, -0.1) is 0 Å². The molecule has 1 amide bonds. The average Bonchev–Trinajstić information content (AvgIpc) is 2.62. The van der Waals surface area contributed by atoms with Crippen LogP contribution in [-0.4, -0.2) is 24.4 Å². The lowest BCUT2D eigenvalue weighted by atomic mass is 10.1. The van der Waals surface area contributed by atoms with Crippen molar-refractivity contribution in [2.24, 2.45) is 0 Å². The van der Waals surface area contributed by atoms with Crippen molar-refractivity contribution in [2.45, 2.75) is 38.5 Å². The minimum absolute atomic E-state index is 0.877. The molecule has 0 saturated carbocycles. The van der Waals surface area contributed by atoms with Crippen molar-refractivity contribution in [1.82, 2.24) is 4.90 Å². The lowest BCUT2D eigenvalue weighted by molar-refractivity contribution is -0.118. The number of carbonyl (C=O) groups is 1. The molecule has 0 radical (unpaired) electrons. The Kier molecular flexibility index (Phi) is 7.96. The van der Waals surface area contributed by atoms with E-state index in [1.54, 1.807) is 0 Å². The molecule has 0 spiro atoms. The van der Waals surface area contributed by atoms with E-state index in [1.165, 1.54) is 11.1 Å². The molecule has 0 fully saturated rings. The Balaban J connectivity index is 1.55. The molecular formula is C21H27NO. The number of hydrogen-bond acceptors (Lipinski definition) is 1. The minimum Gasteiger partial charge on any atom is -0.345 e. The molecule has 0 aliphatic carbocycles. The standard InChI is InChI=1S/C21H27NO/c23-19-22(17-9-7-15-20-11-3-1-4-12-20)18-10-8-16-21-13-5-2-6-14-21/h1-6,11-14,19H,7-10,15-18H2. The number of amides is 1. The normalized spacial score (nSPS) is 10.4. The maximum Gasteiger partial charge on any atom is 0.209 e. The first kappa shape index (κ1) is 17.3. The van der Waals surface area contributed by atoms with Crippen molar-refractivity contribution in [3.8, 4) is 0 Å². The van der Waals surface area contributed by atoms with Crippen molar-refractivity contribution >= 4 is 6.41 Å². The highest BCUT2D eigenvalue weighted by atomic mass is 16.1. The van der Waals surface area contributed by atoms with Gasteiger partial charge in [-0.25, -0.2) is 0 Å². The Hall–Kier alpha value is -2.09. The third kappa shape index (κ3) is 7.14. The molecule has 0 saturated heterocycles. The fourth-order valence-corrected chi connectivity index (χ4v) is 2.79. The van der Waals surface area contributed by atoms with Crippen LogP contribution in [0.5, 0.6) is 0 Å². The SMILES string of the molecule is O=CN(CCCCc1ccccc1)CCCCc1ccccc1. The number of carbonyl (C=O) groups excluding carboxylic acids is 1. The number of hydrogen-bond donors (Lipinski definition) is 0. The van der Waals surface area contributed by atoms with Gasteiger partial charge < -0.3 is 4.90 Å². The van der Waals surface area contributed by atoms with E-state index in [-0.39, 0.29) is 0 Å². The molecule has 2 heteroatoms. The Labute approximate surface area is 140 Å². The van der Waals surface area contributed by atoms with Crippen LogP contribution in [0, 0.1) is 0 Å². The molecule has 0 aliphatic heterocycles. The Bertz CT molecular complexity index is 491. The second-order valence-corrected chi connectivity index (χ2v) is 6.03. The molecule has 2 rings (SSSR count). The maximum atomic E-state index is 11.2. The fourth-order valence-electron chi connectivity index (χ4n) is 2.79. The van der Waals surface area contributed by atoms with Crippen LogP contribution >= 0.6 is 0 Å². The number of unbranched alkanes of at least 4 members (excludes halogenated alkanes) is 2. The zero-order valence-corrected chi connectivity index (χ0v) is 13.9. The van der Waals surface area contributed by atoms with Crippen molar-refractivity contribution in [2.75, 3.05) is 13.1 Å². The van der Waals surface area contributed by atoms with Gasteiger partial charge >= 0.3 is 0 Å². The topological polar surface area (TPSA) is 20.3 Å². The summed E-state index contributed by atoms with van der Waals surface area (Å²) in [5.41, 5.74) is 2.76. The molecule has 0 heterocycles. The molecule has 2 aromatic carbocycles. The minimum atomic E-state index is 0.877. The van der Waals surface area contributed by atoms with Gasteiger partial charge in [-0.2, -0.15) is 0 Å². The molecule has 0 N–H and O–H groups in total. The van der Waals surface area contributed by atoms with Crippen LogP contribution in [-0.2, 0) is 17.6 Å². The van der Waals surface area contributed by atoms with Gasteiger partial charge in [0.1, 0.15) is 0 Å². The van der Waals surface area contributed by atoms with Crippen LogP contribution in [0.2, 0.25) is 0 Å². The predicted molar refractivity (Wildman–Crippen MR) is 96.4 cm³/mol. The molecule has 2 nitrogen and oxygen atoms in total. The zero-order chi connectivity index (χ0) is 16.2. The average molecular weight is 309 g/mol. The fraction of sp³-hybridized carbons (Fsp3) is 0.381. The van der Waals surface area contributed by atoms with Crippen LogP contribution in [0.25, 0.3) is 0 Å². The van der Waals surface area contributed by atoms with E-state index in [4.69, 9.17) is 0 Å². The summed E-state index contributed by atoms with van der Waals surface area (Å²) in [6, 6.07) is 21.1. The Morgan fingerprint density at radius 3 is 1.48 bits per heavy atom. The van der Waals surface area contributed by atoms with Crippen LogP contribution < -0.4 is 0 Å². The van der Waals surface area contributed by atoms with Gasteiger partial charge in [0.25, 0.3) is 0 Å². The summed E-state index contributed by atoms with van der Waals surface area (Å²) in [7, 11) is 0. The van der Waals surface area contributed by atoms with Gasteiger partial charge in [0.15, 0.2) is 0 Å². The molecule has 0 unspecified atom stereocenters. The quantitative estimate of drug-likeness (QED) is 0.442. The van der Waals surface area contributed by atoms with Gasteiger partial charge in [-0.3, -0.25) is 4.79 Å². The van der Waals surface area contributed by atoms with Crippen LogP contribution in [0.1, 0.15) is 36.8 Å². The molecule has 0 aliphatic rings. The highest BCUT2D eigenvalue weighted by Crippen LogP contribution is 2.07. The second-order valence-electron chi connectivity index (χ2n) is 6.03. The van der Waals surface area contributed by atoms with Crippen molar-refractivity contribution in [3.63, 3.8) is 0 Å². The summed E-state index contributed by atoms with van der Waals surface area (Å²) >= 11 is 0. The first-order chi connectivity index (χ1) is 11.4. The number of rotatable bonds is 11. The molecule has 0 aromatic heterocycles. The number of benzene rings is 2. The predicted octanol–water partition coefficient (Wildman–Crippen LogP) is 4.49. The second kappa shape index (κ2) is 10.6. The molecule has 122 valence electrons. The zero-order valence-electron chi connectivity index (χ0n) is 13.9. The molecular weight excluding hydrogens is 282 g/mol. The molecule has 2 aromatic rings. The summed E-state index contributed by atoms with van der Waals surface area (Å²) in [6.07, 6.45) is 7.63. The summed E-state index contributed by atoms with van der Waals surface area (Å²) < 4.78 is 0. The van der Waals surface area contributed by atoms with E-state index in [0.717, 1.165) is 58.0 Å². The number of nitrogens with zero attached hydrogens (tertiary/aromatic N) is 1. The lowest BCUT2D eigenvalue weighted by Crippen LogP contribution is -2.24. The van der Waals surface area contributed by atoms with E-state index in [9.17, 15) is 4.79 Å². The van der Waals surface area contributed by atoms with Gasteiger partial charge in [0.05, 0.1) is 0 Å². The van der Waals surface area contributed by atoms with E-state index in [1.807, 2.05) is 17.0 Å². The Morgan fingerprint density at radius 2 is 1.09 bits per heavy atom. The van der Waals surface area contributed by atoms with Gasteiger partial charge in [0.2, 0.25) is 6.41 Å². The lowest BCUT2D eigenvalue weighted by Gasteiger charge is -2.17. The van der Waals surface area contributed by atoms with Crippen LogP contribution in [0.15, 0.2) is 60.7 Å². The maximum absolute atomic E-state index is 11.2. The smallest absolute Gasteiger partial charge is 0.209 e. The highest BCUT2D eigenvalue weighted by Gasteiger charge is 2.02. The third-order valence-electron chi connectivity index (χ3n) is 4.16. The summed E-state index contributed by atoms with van der Waals surface area (Å²) in [4.78, 5) is 13.1. The van der Waals surface area contributed by atoms with Crippen molar-refractivity contribution < 1.29 is 4.79 Å². The van der Waals surface area contributed by atoms with E-state index < -0.39 is 0 Å². The third-order valence-corrected chi connectivity index (χ3v) is 4.16. The van der Waals surface area contributed by atoms with Gasteiger partial charge in [-0.1, -0.05) is 60.7 Å². The van der Waals surface area contributed by atoms with Crippen LogP contribution in [0.3, 0.4) is 0 Å². The summed E-state index contributed by atoms with van der Waals surface area (Å²) in [5.74, 6) is 0. The Morgan fingerprint density at radius 1 is 0.652 bits per heavy atom. The summed E-state index contributed by atoms with van der Waals surface area (Å²) in [6.45, 7) is 1.75. The highest BCUT2D eigenvalue weighted by molar-refractivity contribution is 5.46. The van der Waals surface area contributed by atoms with E-state index in [2.05, 4.69) is 48.5 Å².